The van der Waals surface area contributed by atoms with Gasteiger partial charge >= 0.3 is 5.97 Å². The summed E-state index contributed by atoms with van der Waals surface area (Å²) in [5, 5.41) is 10.6. The summed E-state index contributed by atoms with van der Waals surface area (Å²) in [5.41, 5.74) is 3.95. The molecule has 0 aliphatic rings. The van der Waals surface area contributed by atoms with Gasteiger partial charge in [0.2, 0.25) is 0 Å². The van der Waals surface area contributed by atoms with E-state index in [2.05, 4.69) is 6.58 Å². The van der Waals surface area contributed by atoms with Gasteiger partial charge in [-0.05, 0) is 34.4 Å². The van der Waals surface area contributed by atoms with E-state index in [0.717, 1.165) is 16.7 Å². The fourth-order valence-corrected chi connectivity index (χ4v) is 2.57. The van der Waals surface area contributed by atoms with E-state index in [0.29, 0.717) is 5.57 Å². The van der Waals surface area contributed by atoms with Crippen LogP contribution in [0.3, 0.4) is 0 Å². The van der Waals surface area contributed by atoms with Crippen molar-refractivity contribution in [1.82, 2.24) is 0 Å². The summed E-state index contributed by atoms with van der Waals surface area (Å²) in [6, 6.07) is 23.2. The van der Waals surface area contributed by atoms with Crippen molar-refractivity contribution < 1.29 is 14.5 Å². The monoisotopic (exact) mass is 359 g/mol. The van der Waals surface area contributed by atoms with Gasteiger partial charge in [-0.2, -0.15) is 0 Å². The van der Waals surface area contributed by atoms with E-state index in [1.165, 1.54) is 24.3 Å². The molecule has 3 aromatic carbocycles. The Balaban J connectivity index is 1.60. The Morgan fingerprint density at radius 3 is 2.00 bits per heavy atom. The van der Waals surface area contributed by atoms with Crippen molar-refractivity contribution >= 4 is 17.2 Å². The van der Waals surface area contributed by atoms with Gasteiger partial charge < -0.3 is 4.74 Å². The first-order valence-corrected chi connectivity index (χ1v) is 8.30. The van der Waals surface area contributed by atoms with Gasteiger partial charge in [0.05, 0.1) is 10.5 Å². The van der Waals surface area contributed by atoms with Crippen LogP contribution in [0.25, 0.3) is 16.7 Å². The van der Waals surface area contributed by atoms with E-state index in [-0.39, 0.29) is 17.9 Å². The predicted octanol–water partition coefficient (Wildman–Crippen LogP) is 5.13. The maximum Gasteiger partial charge on any atom is 0.338 e. The molecule has 5 nitrogen and oxygen atoms in total. The minimum absolute atomic E-state index is 0.0422. The smallest absolute Gasteiger partial charge is 0.338 e. The number of carbonyl (C=O) groups excluding carboxylic acids is 1. The minimum atomic E-state index is -0.549. The highest BCUT2D eigenvalue weighted by atomic mass is 16.6. The predicted molar refractivity (Wildman–Crippen MR) is 104 cm³/mol. The number of carbonyl (C=O) groups is 1. The molecule has 0 spiro atoms. The summed E-state index contributed by atoms with van der Waals surface area (Å²) in [6.45, 7) is 4.01. The molecule has 0 amide bonds. The Hall–Kier alpha value is -3.73. The second kappa shape index (κ2) is 8.10. The molecular formula is C22H17NO4. The number of nitrogens with zero attached hydrogens (tertiary/aromatic N) is 1. The number of benzene rings is 3. The van der Waals surface area contributed by atoms with Crippen molar-refractivity contribution in [2.75, 3.05) is 6.61 Å². The molecule has 3 rings (SSSR count). The lowest BCUT2D eigenvalue weighted by atomic mass is 10.0. The van der Waals surface area contributed by atoms with Gasteiger partial charge in [-0.1, -0.05) is 61.2 Å². The highest BCUT2D eigenvalue weighted by molar-refractivity contribution is 5.90. The number of hydrogen-bond donors (Lipinski definition) is 0. The topological polar surface area (TPSA) is 69.4 Å². The van der Waals surface area contributed by atoms with Gasteiger partial charge in [0.1, 0.15) is 6.61 Å². The van der Waals surface area contributed by atoms with Crippen molar-refractivity contribution in [2.45, 2.75) is 0 Å². The molecule has 0 saturated heterocycles. The van der Waals surface area contributed by atoms with Gasteiger partial charge in [0.15, 0.2) is 0 Å². The molecule has 0 heterocycles. The average molecular weight is 359 g/mol. The number of rotatable bonds is 6. The van der Waals surface area contributed by atoms with Crippen LogP contribution in [-0.2, 0) is 4.74 Å². The molecule has 134 valence electrons. The van der Waals surface area contributed by atoms with Crippen LogP contribution >= 0.6 is 0 Å². The zero-order chi connectivity index (χ0) is 19.2. The van der Waals surface area contributed by atoms with Crippen LogP contribution < -0.4 is 0 Å². The van der Waals surface area contributed by atoms with Crippen LogP contribution in [0.1, 0.15) is 15.9 Å². The van der Waals surface area contributed by atoms with Crippen LogP contribution in [-0.4, -0.2) is 17.5 Å². The van der Waals surface area contributed by atoms with Gasteiger partial charge in [0.25, 0.3) is 5.69 Å². The maximum absolute atomic E-state index is 12.1. The molecule has 0 aliphatic heterocycles. The summed E-state index contributed by atoms with van der Waals surface area (Å²) in [6.07, 6.45) is 0. The second-order valence-electron chi connectivity index (χ2n) is 5.93. The maximum atomic E-state index is 12.1. The molecule has 0 N–H and O–H groups in total. The molecule has 0 saturated carbocycles. The molecule has 3 aromatic rings. The summed E-state index contributed by atoms with van der Waals surface area (Å²) in [4.78, 5) is 22.2. The molecule has 0 atom stereocenters. The largest absolute Gasteiger partial charge is 0.457 e. The first-order valence-electron chi connectivity index (χ1n) is 8.30. The Morgan fingerprint density at radius 1 is 0.852 bits per heavy atom. The second-order valence-corrected chi connectivity index (χ2v) is 5.93. The number of ether oxygens (including phenoxy) is 1. The van der Waals surface area contributed by atoms with E-state index in [1.807, 2.05) is 54.6 Å². The first-order chi connectivity index (χ1) is 13.0. The highest BCUT2D eigenvalue weighted by Crippen LogP contribution is 2.22. The van der Waals surface area contributed by atoms with E-state index in [9.17, 15) is 14.9 Å². The van der Waals surface area contributed by atoms with Crippen LogP contribution in [0.2, 0.25) is 0 Å². The lowest BCUT2D eigenvalue weighted by molar-refractivity contribution is -0.384. The van der Waals surface area contributed by atoms with Crippen molar-refractivity contribution in [3.63, 3.8) is 0 Å². The lowest BCUT2D eigenvalue weighted by Gasteiger charge is -2.09. The molecule has 5 heteroatoms. The van der Waals surface area contributed by atoms with Crippen molar-refractivity contribution in [3.8, 4) is 11.1 Å². The normalized spacial score (nSPS) is 10.2. The third-order valence-electron chi connectivity index (χ3n) is 4.09. The van der Waals surface area contributed by atoms with E-state index >= 15 is 0 Å². The Bertz CT molecular complexity index is 961. The van der Waals surface area contributed by atoms with Crippen molar-refractivity contribution in [2.24, 2.45) is 0 Å². The summed E-state index contributed by atoms with van der Waals surface area (Å²) in [7, 11) is 0. The van der Waals surface area contributed by atoms with Crippen molar-refractivity contribution in [3.05, 3.63) is 107 Å². The summed E-state index contributed by atoms with van der Waals surface area (Å²) in [5.74, 6) is -0.549. The number of nitro benzene ring substituents is 1. The molecule has 0 radical (unpaired) electrons. The summed E-state index contributed by atoms with van der Waals surface area (Å²) >= 11 is 0. The van der Waals surface area contributed by atoms with Crippen LogP contribution in [0.4, 0.5) is 5.69 Å². The van der Waals surface area contributed by atoms with Gasteiger partial charge in [-0.3, -0.25) is 10.1 Å². The molecule has 0 aliphatic carbocycles. The summed E-state index contributed by atoms with van der Waals surface area (Å²) < 4.78 is 5.25. The number of hydrogen-bond acceptors (Lipinski definition) is 4. The fourth-order valence-electron chi connectivity index (χ4n) is 2.57. The zero-order valence-corrected chi connectivity index (χ0v) is 14.5. The Morgan fingerprint density at radius 2 is 1.41 bits per heavy atom. The average Bonchev–Trinajstić information content (AvgIpc) is 2.72. The molecule has 0 fully saturated rings. The standard InChI is InChI=1S/C22H17NO4/c1-16(15-27-22(24)20-11-13-21(14-12-20)23(25)26)17-7-9-19(10-8-17)18-5-3-2-4-6-18/h2-14H,1,15H2. The van der Waals surface area contributed by atoms with Crippen LogP contribution in [0.5, 0.6) is 0 Å². The highest BCUT2D eigenvalue weighted by Gasteiger charge is 2.11. The van der Waals surface area contributed by atoms with Gasteiger partial charge in [-0.15, -0.1) is 0 Å². The Labute approximate surface area is 156 Å². The lowest BCUT2D eigenvalue weighted by Crippen LogP contribution is -2.07. The van der Waals surface area contributed by atoms with E-state index in [4.69, 9.17) is 4.74 Å². The Kier molecular flexibility index (Phi) is 5.42. The third kappa shape index (κ3) is 4.46. The van der Waals surface area contributed by atoms with Gasteiger partial charge in [0, 0.05) is 12.1 Å². The molecule has 27 heavy (non-hydrogen) atoms. The first kappa shape index (κ1) is 18.1. The molecule has 0 bridgehead atoms. The zero-order valence-electron chi connectivity index (χ0n) is 14.5. The minimum Gasteiger partial charge on any atom is -0.457 e. The molecular weight excluding hydrogens is 342 g/mol. The number of esters is 1. The molecule has 0 aromatic heterocycles. The van der Waals surface area contributed by atoms with Crippen molar-refractivity contribution in [1.29, 1.82) is 0 Å². The van der Waals surface area contributed by atoms with E-state index in [1.54, 1.807) is 0 Å². The number of nitro groups is 1. The fraction of sp³-hybridized carbons (Fsp3) is 0.0455. The number of non-ortho nitro benzene ring substituents is 1. The third-order valence-corrected chi connectivity index (χ3v) is 4.09. The quantitative estimate of drug-likeness (QED) is 0.347. The molecule has 0 unspecified atom stereocenters. The van der Waals surface area contributed by atoms with Crippen LogP contribution in [0.15, 0.2) is 85.4 Å². The van der Waals surface area contributed by atoms with Gasteiger partial charge in [-0.25, -0.2) is 4.79 Å². The van der Waals surface area contributed by atoms with E-state index < -0.39 is 10.9 Å². The SMILES string of the molecule is C=C(COC(=O)c1ccc([N+](=O)[O-])cc1)c1ccc(-c2ccccc2)cc1. The van der Waals surface area contributed by atoms with Crippen LogP contribution in [0, 0.1) is 10.1 Å².